The van der Waals surface area contributed by atoms with Crippen molar-refractivity contribution in [1.29, 1.82) is 0 Å². The van der Waals surface area contributed by atoms with E-state index in [-0.39, 0.29) is 24.4 Å². The van der Waals surface area contributed by atoms with Crippen LogP contribution in [0.3, 0.4) is 0 Å². The van der Waals surface area contributed by atoms with Crippen LogP contribution >= 0.6 is 0 Å². The molecule has 0 radical (unpaired) electrons. The summed E-state index contributed by atoms with van der Waals surface area (Å²) >= 11 is 0. The summed E-state index contributed by atoms with van der Waals surface area (Å²) in [6.07, 6.45) is 6.64. The highest BCUT2D eigenvalue weighted by Crippen LogP contribution is 2.17. The van der Waals surface area contributed by atoms with Crippen molar-refractivity contribution in [2.75, 3.05) is 19.6 Å². The molecule has 6 nitrogen and oxygen atoms in total. The molecule has 0 aliphatic carbocycles. The molecule has 2 heterocycles. The standard InChI is InChI=1S/C18H21FN4O2/c19-14-6-4-7-15(23-13-5-9-21-23)17(14)18(25)20-10-8-16(24)22-11-2-1-3-12-22/h4-7,9,13H,1-3,8,10-12H2,(H,20,25). The maximum Gasteiger partial charge on any atom is 0.256 e. The Morgan fingerprint density at radius 1 is 1.16 bits per heavy atom. The number of piperidine rings is 1. The van der Waals surface area contributed by atoms with Gasteiger partial charge in [0.1, 0.15) is 11.4 Å². The Morgan fingerprint density at radius 3 is 2.68 bits per heavy atom. The van der Waals surface area contributed by atoms with E-state index in [0.29, 0.717) is 5.69 Å². The predicted octanol–water partition coefficient (Wildman–Crippen LogP) is 2.14. The van der Waals surface area contributed by atoms with Crippen molar-refractivity contribution in [2.24, 2.45) is 0 Å². The summed E-state index contributed by atoms with van der Waals surface area (Å²) in [5.74, 6) is -1.14. The molecule has 2 amide bonds. The highest BCUT2D eigenvalue weighted by molar-refractivity contribution is 5.98. The molecule has 3 rings (SSSR count). The fourth-order valence-electron chi connectivity index (χ4n) is 3.01. The maximum atomic E-state index is 14.2. The minimum absolute atomic E-state index is 0.0285. The summed E-state index contributed by atoms with van der Waals surface area (Å²) < 4.78 is 15.6. The highest BCUT2D eigenvalue weighted by atomic mass is 19.1. The van der Waals surface area contributed by atoms with Crippen LogP contribution in [0.1, 0.15) is 36.0 Å². The number of likely N-dealkylation sites (tertiary alicyclic amines) is 1. The van der Waals surface area contributed by atoms with Crippen molar-refractivity contribution in [3.8, 4) is 5.69 Å². The lowest BCUT2D eigenvalue weighted by Gasteiger charge is -2.26. The number of hydrogen-bond acceptors (Lipinski definition) is 3. The van der Waals surface area contributed by atoms with Gasteiger partial charge in [0.05, 0.1) is 5.69 Å². The van der Waals surface area contributed by atoms with E-state index in [2.05, 4.69) is 10.4 Å². The molecule has 0 spiro atoms. The summed E-state index contributed by atoms with van der Waals surface area (Å²) in [4.78, 5) is 26.4. The largest absolute Gasteiger partial charge is 0.351 e. The third-order valence-electron chi connectivity index (χ3n) is 4.30. The smallest absolute Gasteiger partial charge is 0.256 e. The van der Waals surface area contributed by atoms with Gasteiger partial charge in [-0.05, 0) is 37.5 Å². The molecule has 1 aromatic heterocycles. The number of hydrogen-bond donors (Lipinski definition) is 1. The Hall–Kier alpha value is -2.70. The van der Waals surface area contributed by atoms with Gasteiger partial charge in [-0.2, -0.15) is 5.10 Å². The van der Waals surface area contributed by atoms with E-state index in [1.165, 1.54) is 16.8 Å². The first-order chi connectivity index (χ1) is 12.2. The zero-order chi connectivity index (χ0) is 17.6. The van der Waals surface area contributed by atoms with Gasteiger partial charge in [-0.15, -0.1) is 0 Å². The Balaban J connectivity index is 1.63. The molecule has 0 unspecified atom stereocenters. The molecule has 1 N–H and O–H groups in total. The number of aromatic nitrogens is 2. The topological polar surface area (TPSA) is 67.2 Å². The molecule has 0 saturated carbocycles. The second kappa shape index (κ2) is 7.92. The van der Waals surface area contributed by atoms with Crippen LogP contribution in [0.15, 0.2) is 36.7 Å². The first-order valence-electron chi connectivity index (χ1n) is 8.51. The lowest BCUT2D eigenvalue weighted by Crippen LogP contribution is -2.38. The van der Waals surface area contributed by atoms with Gasteiger partial charge in [-0.1, -0.05) is 6.07 Å². The highest BCUT2D eigenvalue weighted by Gasteiger charge is 2.20. The molecular weight excluding hydrogens is 323 g/mol. The molecule has 7 heteroatoms. The van der Waals surface area contributed by atoms with Crippen molar-refractivity contribution >= 4 is 11.8 Å². The van der Waals surface area contributed by atoms with Crippen LogP contribution in [0.25, 0.3) is 5.69 Å². The van der Waals surface area contributed by atoms with Crippen molar-refractivity contribution in [2.45, 2.75) is 25.7 Å². The maximum absolute atomic E-state index is 14.2. The molecule has 25 heavy (non-hydrogen) atoms. The van der Waals surface area contributed by atoms with Gasteiger partial charge >= 0.3 is 0 Å². The summed E-state index contributed by atoms with van der Waals surface area (Å²) in [6.45, 7) is 1.74. The minimum atomic E-state index is -0.618. The second-order valence-corrected chi connectivity index (χ2v) is 6.03. The lowest BCUT2D eigenvalue weighted by atomic mass is 10.1. The number of halogens is 1. The van der Waals surface area contributed by atoms with Crippen LogP contribution in [-0.4, -0.2) is 46.1 Å². The molecule has 1 aliphatic rings. The van der Waals surface area contributed by atoms with E-state index in [9.17, 15) is 14.0 Å². The molecule has 132 valence electrons. The first-order valence-corrected chi connectivity index (χ1v) is 8.51. The van der Waals surface area contributed by atoms with Crippen LogP contribution in [0.5, 0.6) is 0 Å². The van der Waals surface area contributed by atoms with Crippen LogP contribution in [0.4, 0.5) is 4.39 Å². The van der Waals surface area contributed by atoms with E-state index in [0.717, 1.165) is 32.4 Å². The molecule has 1 aromatic carbocycles. The van der Waals surface area contributed by atoms with E-state index in [4.69, 9.17) is 0 Å². The first kappa shape index (κ1) is 17.1. The van der Waals surface area contributed by atoms with Gasteiger partial charge in [0.25, 0.3) is 5.91 Å². The molecule has 1 fully saturated rings. The number of benzene rings is 1. The van der Waals surface area contributed by atoms with Gasteiger partial charge in [-0.3, -0.25) is 9.59 Å². The van der Waals surface area contributed by atoms with Crippen molar-refractivity contribution < 1.29 is 14.0 Å². The monoisotopic (exact) mass is 344 g/mol. The van der Waals surface area contributed by atoms with Gasteiger partial charge in [-0.25, -0.2) is 9.07 Å². The fourth-order valence-corrected chi connectivity index (χ4v) is 3.01. The summed E-state index contributed by atoms with van der Waals surface area (Å²) in [6, 6.07) is 6.09. The molecule has 2 aromatic rings. The van der Waals surface area contributed by atoms with E-state index < -0.39 is 11.7 Å². The molecule has 0 atom stereocenters. The van der Waals surface area contributed by atoms with E-state index in [1.807, 2.05) is 4.90 Å². The number of rotatable bonds is 5. The molecule has 1 aliphatic heterocycles. The van der Waals surface area contributed by atoms with Crippen LogP contribution in [0.2, 0.25) is 0 Å². The normalized spacial score (nSPS) is 14.4. The van der Waals surface area contributed by atoms with Gasteiger partial charge in [0, 0.05) is 38.4 Å². The number of amides is 2. The predicted molar refractivity (Wildman–Crippen MR) is 90.9 cm³/mol. The summed E-state index contributed by atoms with van der Waals surface area (Å²) in [5.41, 5.74) is 0.293. The zero-order valence-corrected chi connectivity index (χ0v) is 13.9. The molecule has 1 saturated heterocycles. The zero-order valence-electron chi connectivity index (χ0n) is 13.9. The Labute approximate surface area is 145 Å². The van der Waals surface area contributed by atoms with Gasteiger partial charge in [0.15, 0.2) is 0 Å². The fraction of sp³-hybridized carbons (Fsp3) is 0.389. The van der Waals surface area contributed by atoms with Crippen LogP contribution in [-0.2, 0) is 4.79 Å². The third-order valence-corrected chi connectivity index (χ3v) is 4.30. The lowest BCUT2D eigenvalue weighted by molar-refractivity contribution is -0.131. The number of carbonyl (C=O) groups is 2. The van der Waals surface area contributed by atoms with Crippen LogP contribution < -0.4 is 5.32 Å². The average Bonchev–Trinajstić information content (AvgIpc) is 3.16. The average molecular weight is 344 g/mol. The van der Waals surface area contributed by atoms with Crippen molar-refractivity contribution in [3.63, 3.8) is 0 Å². The van der Waals surface area contributed by atoms with E-state index in [1.54, 1.807) is 24.5 Å². The minimum Gasteiger partial charge on any atom is -0.351 e. The van der Waals surface area contributed by atoms with Crippen LogP contribution in [0, 0.1) is 5.82 Å². The quantitative estimate of drug-likeness (QED) is 0.904. The molecule has 0 bridgehead atoms. The van der Waals surface area contributed by atoms with Gasteiger partial charge < -0.3 is 10.2 Å². The molecular formula is C18H21FN4O2. The summed E-state index contributed by atoms with van der Waals surface area (Å²) in [5, 5.41) is 6.69. The van der Waals surface area contributed by atoms with Crippen molar-refractivity contribution in [1.82, 2.24) is 20.0 Å². The Kier molecular flexibility index (Phi) is 5.42. The van der Waals surface area contributed by atoms with Gasteiger partial charge in [0.2, 0.25) is 5.91 Å². The number of carbonyl (C=O) groups excluding carboxylic acids is 2. The second-order valence-electron chi connectivity index (χ2n) is 6.03. The Morgan fingerprint density at radius 2 is 1.96 bits per heavy atom. The summed E-state index contributed by atoms with van der Waals surface area (Å²) in [7, 11) is 0. The number of nitrogens with zero attached hydrogens (tertiary/aromatic N) is 3. The SMILES string of the molecule is O=C(NCCC(=O)N1CCCCC1)c1c(F)cccc1-n1cccn1. The van der Waals surface area contributed by atoms with E-state index >= 15 is 0 Å². The van der Waals surface area contributed by atoms with Crippen molar-refractivity contribution in [3.05, 3.63) is 48.0 Å². The number of nitrogens with one attached hydrogen (secondary N) is 1. The Bertz CT molecular complexity index is 740. The third kappa shape index (κ3) is 4.04.